The molecule has 0 aromatic heterocycles. The minimum Gasteiger partial charge on any atom is -0.445 e. The van der Waals surface area contributed by atoms with Crippen LogP contribution < -0.4 is 56.8 Å². The van der Waals surface area contributed by atoms with E-state index in [0.717, 1.165) is 6.07 Å². The van der Waals surface area contributed by atoms with Crippen LogP contribution in [0.15, 0.2) is 24.3 Å². The molecule has 0 saturated carbocycles. The largest absolute Gasteiger partial charge is 1.00 e. The van der Waals surface area contributed by atoms with E-state index < -0.39 is 17.9 Å². The molecule has 15 heavy (non-hydrogen) atoms. The summed E-state index contributed by atoms with van der Waals surface area (Å²) in [7, 11) is 0. The average molecular weight is 240 g/mol. The number of hydrogen-bond donors (Lipinski definition) is 0. The van der Waals surface area contributed by atoms with E-state index in [9.17, 15) is 12.9 Å². The van der Waals surface area contributed by atoms with Gasteiger partial charge in [-0.2, -0.15) is 0 Å². The summed E-state index contributed by atoms with van der Waals surface area (Å²) in [6.07, 6.45) is 0. The molecule has 0 amide bonds. The third-order valence-electron chi connectivity index (χ3n) is 2.12. The maximum Gasteiger partial charge on any atom is 1.00 e. The Labute approximate surface area is 131 Å². The van der Waals surface area contributed by atoms with Crippen LogP contribution in [0.3, 0.4) is 0 Å². The van der Waals surface area contributed by atoms with Crippen molar-refractivity contribution in [1.29, 1.82) is 0 Å². The molecule has 0 radical (unpaired) electrons. The van der Waals surface area contributed by atoms with E-state index in [1.807, 2.05) is 0 Å². The van der Waals surface area contributed by atoms with Crippen molar-refractivity contribution in [1.82, 2.24) is 0 Å². The first kappa shape index (κ1) is 15.7. The second-order valence-corrected chi connectivity index (χ2v) is 4.41. The Kier molecular flexibility index (Phi) is 5.62. The van der Waals surface area contributed by atoms with Gasteiger partial charge >= 0.3 is 58.4 Å². The van der Waals surface area contributed by atoms with Crippen molar-refractivity contribution in [3.8, 4) is 0 Å². The number of halogens is 3. The Balaban J connectivity index is 0.00000196. The molecule has 1 aromatic carbocycles. The van der Waals surface area contributed by atoms with Crippen LogP contribution in [0, 0.1) is 0 Å². The van der Waals surface area contributed by atoms with Crippen LogP contribution in [0.4, 0.5) is 12.9 Å². The molecule has 0 aliphatic heterocycles. The molecule has 78 valence electrons. The van der Waals surface area contributed by atoms with E-state index in [1.165, 1.54) is 6.07 Å². The summed E-state index contributed by atoms with van der Waals surface area (Å²) in [6.45, 7) is 0.454. The maximum atomic E-state index is 12.6. The number of benzene rings is 1. The fourth-order valence-corrected chi connectivity index (χ4v) is 1.47. The summed E-state index contributed by atoms with van der Waals surface area (Å²) in [5.41, 5.74) is -0.569. The average Bonchev–Trinajstić information content (AvgIpc) is 2.01. The molecule has 0 spiro atoms. The van der Waals surface area contributed by atoms with E-state index in [0.29, 0.717) is 5.56 Å². The van der Waals surface area contributed by atoms with Gasteiger partial charge in [0.2, 0.25) is 0 Å². The quantitative estimate of drug-likeness (QED) is 0.608. The third kappa shape index (κ3) is 4.23. The van der Waals surface area contributed by atoms with Crippen molar-refractivity contribution in [2.75, 3.05) is 0 Å². The monoisotopic (exact) mass is 240 g/mol. The zero-order valence-electron chi connectivity index (χ0n) is 9.52. The van der Waals surface area contributed by atoms with Gasteiger partial charge in [0, 0.05) is 0 Å². The van der Waals surface area contributed by atoms with E-state index in [-0.39, 0.29) is 51.4 Å². The van der Waals surface area contributed by atoms with Gasteiger partial charge in [-0.05, 0) is 5.41 Å². The van der Waals surface area contributed by atoms with Gasteiger partial charge in [-0.15, -0.1) is 5.46 Å². The van der Waals surface area contributed by atoms with Crippen molar-refractivity contribution in [2.24, 2.45) is 0 Å². The van der Waals surface area contributed by atoms with E-state index in [2.05, 4.69) is 0 Å². The Morgan fingerprint density at radius 1 is 1.00 bits per heavy atom. The van der Waals surface area contributed by atoms with Gasteiger partial charge in [-0.1, -0.05) is 50.6 Å². The number of rotatable bonds is 1. The van der Waals surface area contributed by atoms with Crippen molar-refractivity contribution in [3.63, 3.8) is 0 Å². The molecule has 0 atom stereocenters. The molecule has 0 aliphatic rings. The molecule has 1 aromatic rings. The summed E-state index contributed by atoms with van der Waals surface area (Å²) < 4.78 is 37.9. The third-order valence-corrected chi connectivity index (χ3v) is 2.12. The zero-order valence-corrected chi connectivity index (χ0v) is 12.6. The van der Waals surface area contributed by atoms with Gasteiger partial charge in [0.25, 0.3) is 0 Å². The van der Waals surface area contributed by atoms with Crippen molar-refractivity contribution < 1.29 is 64.3 Å². The molecule has 0 unspecified atom stereocenters. The standard InChI is InChI=1S/C10H13BF3.K/c1-10(2,3)8-6-4-5-7-9(8)11(12,13)14;/h4-7H,1-3H3;/q-1;+1. The SMILES string of the molecule is CC(C)(C)c1ccccc1[B-](F)(F)F.[K+]. The van der Waals surface area contributed by atoms with Crippen molar-refractivity contribution >= 4 is 12.4 Å². The van der Waals surface area contributed by atoms with Crippen LogP contribution in [0.5, 0.6) is 0 Å². The van der Waals surface area contributed by atoms with Crippen LogP contribution >= 0.6 is 0 Å². The maximum absolute atomic E-state index is 12.6. The first-order valence-corrected chi connectivity index (χ1v) is 4.52. The van der Waals surface area contributed by atoms with Gasteiger partial charge in [-0.3, -0.25) is 0 Å². The first-order chi connectivity index (χ1) is 6.23. The zero-order chi connectivity index (χ0) is 11.0. The normalized spacial score (nSPS) is 12.1. The van der Waals surface area contributed by atoms with Gasteiger partial charge in [-0.25, -0.2) is 0 Å². The van der Waals surface area contributed by atoms with Crippen LogP contribution in [0.2, 0.25) is 0 Å². The molecular formula is C10H13BF3K. The van der Waals surface area contributed by atoms with Crippen molar-refractivity contribution in [3.05, 3.63) is 29.8 Å². The molecule has 0 heterocycles. The fraction of sp³-hybridized carbons (Fsp3) is 0.400. The van der Waals surface area contributed by atoms with Crippen LogP contribution in [0.25, 0.3) is 0 Å². The molecule has 0 bridgehead atoms. The summed E-state index contributed by atoms with van der Waals surface area (Å²) >= 11 is 0. The first-order valence-electron chi connectivity index (χ1n) is 4.52. The Hall–Kier alpha value is 0.711. The van der Waals surface area contributed by atoms with Gasteiger partial charge in [0.05, 0.1) is 0 Å². The molecule has 0 N–H and O–H groups in total. The smallest absolute Gasteiger partial charge is 0.445 e. The summed E-state index contributed by atoms with van der Waals surface area (Å²) in [5.74, 6) is 0. The van der Waals surface area contributed by atoms with Crippen molar-refractivity contribution in [2.45, 2.75) is 26.2 Å². The molecule has 0 aliphatic carbocycles. The van der Waals surface area contributed by atoms with Gasteiger partial charge < -0.3 is 12.9 Å². The second kappa shape index (κ2) is 5.36. The molecule has 0 fully saturated rings. The molecule has 5 heteroatoms. The number of hydrogen-bond acceptors (Lipinski definition) is 0. The predicted molar refractivity (Wildman–Crippen MR) is 53.9 cm³/mol. The summed E-state index contributed by atoms with van der Waals surface area (Å²) in [5, 5.41) is 0. The second-order valence-electron chi connectivity index (χ2n) is 4.41. The Morgan fingerprint density at radius 3 is 1.80 bits per heavy atom. The minimum atomic E-state index is -4.90. The fourth-order valence-electron chi connectivity index (χ4n) is 1.47. The van der Waals surface area contributed by atoms with Crippen LogP contribution in [0.1, 0.15) is 26.3 Å². The topological polar surface area (TPSA) is 0 Å². The van der Waals surface area contributed by atoms with Crippen LogP contribution in [-0.2, 0) is 5.41 Å². The predicted octanol–water partition coefficient (Wildman–Crippen LogP) is 0.0425. The molecular weight excluding hydrogens is 227 g/mol. The molecule has 0 saturated heterocycles. The summed E-state index contributed by atoms with van der Waals surface area (Å²) in [6, 6.07) is 5.77. The van der Waals surface area contributed by atoms with E-state index in [4.69, 9.17) is 0 Å². The van der Waals surface area contributed by atoms with E-state index >= 15 is 0 Å². The van der Waals surface area contributed by atoms with E-state index in [1.54, 1.807) is 32.9 Å². The van der Waals surface area contributed by atoms with Crippen LogP contribution in [-0.4, -0.2) is 6.98 Å². The Morgan fingerprint density at radius 2 is 1.47 bits per heavy atom. The molecule has 1 rings (SSSR count). The summed E-state index contributed by atoms with van der Waals surface area (Å²) in [4.78, 5) is 0. The van der Waals surface area contributed by atoms with Gasteiger partial charge in [0.1, 0.15) is 0 Å². The Bertz CT molecular complexity index is 295. The van der Waals surface area contributed by atoms with Gasteiger partial charge in [0.15, 0.2) is 0 Å². The molecule has 0 nitrogen and oxygen atoms in total. The minimum absolute atomic E-state index is 0.